The first kappa shape index (κ1) is 13.5. The number of ether oxygens (including phenoxy) is 1. The van der Waals surface area contributed by atoms with Gasteiger partial charge < -0.3 is 10.1 Å². The number of hydrogen-bond acceptors (Lipinski definition) is 6. The monoisotopic (exact) mass is 280 g/mol. The highest BCUT2D eigenvalue weighted by Crippen LogP contribution is 2.25. The maximum absolute atomic E-state index is 11.8. The minimum Gasteiger partial charge on any atom is -0.462 e. The molecule has 2 aromatic heterocycles. The van der Waals surface area contributed by atoms with Crippen molar-refractivity contribution in [1.82, 2.24) is 14.2 Å². The molecule has 0 unspecified atom stereocenters. The zero-order valence-corrected chi connectivity index (χ0v) is 11.7. The van der Waals surface area contributed by atoms with Gasteiger partial charge in [0.2, 0.25) is 0 Å². The second-order valence-electron chi connectivity index (χ2n) is 3.89. The Morgan fingerprint density at radius 2 is 2.42 bits per heavy atom. The fraction of sp³-hybridized carbons (Fsp3) is 0.417. The van der Waals surface area contributed by atoms with Crippen LogP contribution in [0.2, 0.25) is 0 Å². The Hall–Kier alpha value is -1.89. The van der Waals surface area contributed by atoms with E-state index in [-0.39, 0.29) is 5.97 Å². The van der Waals surface area contributed by atoms with Crippen LogP contribution in [0.3, 0.4) is 0 Å². The Kier molecular flexibility index (Phi) is 4.51. The lowest BCUT2D eigenvalue weighted by Gasteiger charge is -2.07. The Balaban J connectivity index is 1.98. The minimum absolute atomic E-state index is 0.324. The smallest absolute Gasteiger partial charge is 0.343 e. The van der Waals surface area contributed by atoms with Gasteiger partial charge in [-0.1, -0.05) is 0 Å². The Bertz CT molecular complexity index is 536. The third-order valence-electron chi connectivity index (χ3n) is 2.53. The summed E-state index contributed by atoms with van der Waals surface area (Å²) in [6, 6.07) is 1.88. The van der Waals surface area contributed by atoms with Gasteiger partial charge in [-0.15, -0.1) is 0 Å². The zero-order valence-electron chi connectivity index (χ0n) is 10.9. The van der Waals surface area contributed by atoms with Gasteiger partial charge in [0.15, 0.2) is 0 Å². The van der Waals surface area contributed by atoms with Gasteiger partial charge in [-0.3, -0.25) is 4.68 Å². The number of esters is 1. The third kappa shape index (κ3) is 3.31. The summed E-state index contributed by atoms with van der Waals surface area (Å²) in [5, 5.41) is 8.07. The highest BCUT2D eigenvalue weighted by molar-refractivity contribution is 7.10. The summed E-state index contributed by atoms with van der Waals surface area (Å²) in [5.41, 5.74) is 1.23. The topological polar surface area (TPSA) is 69.0 Å². The van der Waals surface area contributed by atoms with E-state index in [0.29, 0.717) is 24.4 Å². The van der Waals surface area contributed by atoms with Crippen LogP contribution >= 0.6 is 11.5 Å². The van der Waals surface area contributed by atoms with Crippen molar-refractivity contribution in [2.75, 3.05) is 18.5 Å². The molecule has 7 heteroatoms. The third-order valence-corrected chi connectivity index (χ3v) is 3.42. The first-order valence-corrected chi connectivity index (χ1v) is 6.84. The van der Waals surface area contributed by atoms with E-state index in [9.17, 15) is 4.79 Å². The molecule has 6 nitrogen and oxygen atoms in total. The maximum Gasteiger partial charge on any atom is 0.343 e. The Morgan fingerprint density at radius 3 is 3.11 bits per heavy atom. The summed E-state index contributed by atoms with van der Waals surface area (Å²) >= 11 is 1.28. The molecule has 19 heavy (non-hydrogen) atoms. The molecule has 1 N–H and O–H groups in total. The molecule has 2 rings (SSSR count). The molecule has 0 aliphatic heterocycles. The molecule has 0 saturated heterocycles. The molecule has 0 bridgehead atoms. The molecule has 0 fully saturated rings. The van der Waals surface area contributed by atoms with Crippen LogP contribution in [0.15, 0.2) is 18.5 Å². The Labute approximate surface area is 115 Å². The summed E-state index contributed by atoms with van der Waals surface area (Å²) < 4.78 is 11.0. The molecule has 0 atom stereocenters. The van der Waals surface area contributed by atoms with Crippen LogP contribution < -0.4 is 5.32 Å². The molecule has 2 aromatic rings. The summed E-state index contributed by atoms with van der Waals surface area (Å²) in [6.45, 7) is 5.36. The number of nitrogens with one attached hydrogen (secondary N) is 1. The summed E-state index contributed by atoms with van der Waals surface area (Å²) in [7, 11) is 0. The highest BCUT2D eigenvalue weighted by atomic mass is 32.1. The van der Waals surface area contributed by atoms with Crippen molar-refractivity contribution in [3.8, 4) is 0 Å². The molecule has 0 spiro atoms. The number of nitrogens with zero attached hydrogens (tertiary/aromatic N) is 3. The SMILES string of the molecule is CCOC(=O)c1c(C)nsc1NCCn1cccn1. The van der Waals surface area contributed by atoms with Gasteiger partial charge in [-0.25, -0.2) is 4.79 Å². The fourth-order valence-electron chi connectivity index (χ4n) is 1.65. The molecular weight excluding hydrogens is 264 g/mol. The minimum atomic E-state index is -0.324. The van der Waals surface area contributed by atoms with Crippen LogP contribution in [0, 0.1) is 6.92 Å². The number of rotatable bonds is 6. The number of carbonyl (C=O) groups excluding carboxylic acids is 1. The molecule has 0 amide bonds. The summed E-state index contributed by atoms with van der Waals surface area (Å²) in [6.07, 6.45) is 3.63. The molecule has 0 aromatic carbocycles. The normalized spacial score (nSPS) is 10.4. The molecule has 0 aliphatic rings. The highest BCUT2D eigenvalue weighted by Gasteiger charge is 2.19. The second kappa shape index (κ2) is 6.33. The van der Waals surface area contributed by atoms with Gasteiger partial charge in [0.05, 0.1) is 18.8 Å². The van der Waals surface area contributed by atoms with Crippen molar-refractivity contribution in [3.63, 3.8) is 0 Å². The largest absolute Gasteiger partial charge is 0.462 e. The standard InChI is InChI=1S/C12H16N4O2S/c1-3-18-12(17)10-9(2)15-19-11(10)13-6-8-16-7-4-5-14-16/h4-5,7,13H,3,6,8H2,1-2H3. The quantitative estimate of drug-likeness (QED) is 0.819. The molecular formula is C12H16N4O2S. The number of hydrogen-bond donors (Lipinski definition) is 1. The average molecular weight is 280 g/mol. The molecule has 0 saturated carbocycles. The molecule has 102 valence electrons. The van der Waals surface area contributed by atoms with Gasteiger partial charge in [0.25, 0.3) is 0 Å². The predicted octanol–water partition coefficient (Wildman–Crippen LogP) is 1.94. The van der Waals surface area contributed by atoms with E-state index in [0.717, 1.165) is 11.5 Å². The molecule has 2 heterocycles. The van der Waals surface area contributed by atoms with Crippen molar-refractivity contribution < 1.29 is 9.53 Å². The van der Waals surface area contributed by atoms with Gasteiger partial charge in [-0.2, -0.15) is 9.47 Å². The van der Waals surface area contributed by atoms with E-state index >= 15 is 0 Å². The lowest BCUT2D eigenvalue weighted by molar-refractivity contribution is 0.0527. The van der Waals surface area contributed by atoms with E-state index in [1.807, 2.05) is 16.9 Å². The first-order chi connectivity index (χ1) is 9.22. The molecule has 0 aliphatic carbocycles. The predicted molar refractivity (Wildman–Crippen MR) is 73.5 cm³/mol. The van der Waals surface area contributed by atoms with Crippen LogP contribution in [-0.4, -0.2) is 33.3 Å². The van der Waals surface area contributed by atoms with Gasteiger partial charge in [0, 0.05) is 18.9 Å². The first-order valence-electron chi connectivity index (χ1n) is 6.07. The van der Waals surface area contributed by atoms with Crippen LogP contribution in [0.4, 0.5) is 5.00 Å². The Morgan fingerprint density at radius 1 is 1.58 bits per heavy atom. The lowest BCUT2D eigenvalue weighted by Crippen LogP contribution is -2.13. The van der Waals surface area contributed by atoms with Crippen molar-refractivity contribution in [2.45, 2.75) is 20.4 Å². The summed E-state index contributed by atoms with van der Waals surface area (Å²) in [4.78, 5) is 11.8. The summed E-state index contributed by atoms with van der Waals surface area (Å²) in [5.74, 6) is -0.324. The van der Waals surface area contributed by atoms with Gasteiger partial charge in [-0.05, 0) is 31.4 Å². The number of aromatic nitrogens is 3. The number of carbonyl (C=O) groups is 1. The van der Waals surface area contributed by atoms with E-state index in [1.54, 1.807) is 20.0 Å². The van der Waals surface area contributed by atoms with Crippen molar-refractivity contribution >= 4 is 22.5 Å². The van der Waals surface area contributed by atoms with Gasteiger partial charge in [0.1, 0.15) is 10.6 Å². The van der Waals surface area contributed by atoms with Crippen molar-refractivity contribution in [1.29, 1.82) is 0 Å². The van der Waals surface area contributed by atoms with Crippen LogP contribution in [0.1, 0.15) is 23.0 Å². The number of anilines is 1. The zero-order chi connectivity index (χ0) is 13.7. The molecule has 0 radical (unpaired) electrons. The average Bonchev–Trinajstić information content (AvgIpc) is 3.00. The van der Waals surface area contributed by atoms with Crippen LogP contribution in [0.25, 0.3) is 0 Å². The van der Waals surface area contributed by atoms with Crippen LogP contribution in [0.5, 0.6) is 0 Å². The van der Waals surface area contributed by atoms with Crippen LogP contribution in [-0.2, 0) is 11.3 Å². The lowest BCUT2D eigenvalue weighted by atomic mass is 10.2. The van der Waals surface area contributed by atoms with Gasteiger partial charge >= 0.3 is 5.97 Å². The number of aryl methyl sites for hydroxylation is 1. The maximum atomic E-state index is 11.8. The van der Waals surface area contributed by atoms with E-state index in [4.69, 9.17) is 4.74 Å². The van der Waals surface area contributed by atoms with E-state index < -0.39 is 0 Å². The van der Waals surface area contributed by atoms with E-state index in [1.165, 1.54) is 11.5 Å². The second-order valence-corrected chi connectivity index (χ2v) is 4.66. The van der Waals surface area contributed by atoms with Crippen molar-refractivity contribution in [3.05, 3.63) is 29.7 Å². The van der Waals surface area contributed by atoms with E-state index in [2.05, 4.69) is 14.8 Å². The van der Waals surface area contributed by atoms with Crippen molar-refractivity contribution in [2.24, 2.45) is 0 Å². The fourth-order valence-corrected chi connectivity index (χ4v) is 2.46.